The number of nitrogens with zero attached hydrogens (tertiary/aromatic N) is 3. The van der Waals surface area contributed by atoms with Crippen molar-refractivity contribution in [1.82, 2.24) is 20.0 Å². The van der Waals surface area contributed by atoms with E-state index in [0.717, 1.165) is 17.3 Å². The number of hydrogen-bond acceptors (Lipinski definition) is 2. The van der Waals surface area contributed by atoms with Crippen LogP contribution in [0.1, 0.15) is 32.0 Å². The number of imidazole rings is 1. The highest BCUT2D eigenvalue weighted by molar-refractivity contribution is 5.79. The van der Waals surface area contributed by atoms with Gasteiger partial charge in [0.15, 0.2) is 5.96 Å². The summed E-state index contributed by atoms with van der Waals surface area (Å²) in [5.74, 6) is 1.37. The molecule has 21 heavy (non-hydrogen) atoms. The molecule has 0 aromatic carbocycles. The summed E-state index contributed by atoms with van der Waals surface area (Å²) in [5.41, 5.74) is 3.20. The molecular formula is C16H25N5. The zero-order chi connectivity index (χ0) is 15.4. The lowest BCUT2D eigenvalue weighted by Gasteiger charge is -2.20. The van der Waals surface area contributed by atoms with Crippen molar-refractivity contribution in [2.24, 2.45) is 10.9 Å². The molecule has 5 heteroatoms. The third-order valence-electron chi connectivity index (χ3n) is 3.69. The van der Waals surface area contributed by atoms with E-state index in [-0.39, 0.29) is 0 Å². The zero-order valence-corrected chi connectivity index (χ0v) is 13.5. The number of hydrogen-bond donors (Lipinski definition) is 2. The molecule has 2 N–H and O–H groups in total. The Bertz CT molecular complexity index is 627. The number of nitrogens with one attached hydrogen (secondary N) is 2. The predicted octanol–water partition coefficient (Wildman–Crippen LogP) is 2.35. The number of aromatic nitrogens is 2. The zero-order valence-electron chi connectivity index (χ0n) is 13.5. The van der Waals surface area contributed by atoms with Gasteiger partial charge >= 0.3 is 0 Å². The van der Waals surface area contributed by atoms with E-state index in [9.17, 15) is 0 Å². The van der Waals surface area contributed by atoms with E-state index in [1.165, 1.54) is 5.56 Å². The molecule has 0 spiro atoms. The lowest BCUT2D eigenvalue weighted by molar-refractivity contribution is 0.480. The largest absolute Gasteiger partial charge is 0.354 e. The van der Waals surface area contributed by atoms with E-state index in [0.29, 0.717) is 18.5 Å². The third kappa shape index (κ3) is 3.97. The average molecular weight is 287 g/mol. The van der Waals surface area contributed by atoms with Crippen LogP contribution in [-0.2, 0) is 6.54 Å². The molecule has 0 saturated heterocycles. The summed E-state index contributed by atoms with van der Waals surface area (Å²) in [5, 5.41) is 6.69. The molecule has 1 atom stereocenters. The van der Waals surface area contributed by atoms with Crippen molar-refractivity contribution in [2.45, 2.75) is 40.3 Å². The standard InChI is InChI=1S/C16H25N5/c1-11(2)13(4)19-16(17-5)18-9-14-10-21-7-6-12(3)8-15(21)20-14/h6-8,10-11,13H,9H2,1-5H3,(H2,17,18,19). The highest BCUT2D eigenvalue weighted by Gasteiger charge is 2.09. The van der Waals surface area contributed by atoms with Crippen molar-refractivity contribution < 1.29 is 0 Å². The molecule has 114 valence electrons. The molecule has 0 aliphatic heterocycles. The van der Waals surface area contributed by atoms with Crippen LogP contribution in [0.15, 0.2) is 29.5 Å². The van der Waals surface area contributed by atoms with Gasteiger partial charge in [-0.2, -0.15) is 0 Å². The van der Waals surface area contributed by atoms with E-state index in [1.807, 2.05) is 16.8 Å². The fraction of sp³-hybridized carbons (Fsp3) is 0.500. The number of pyridine rings is 1. The van der Waals surface area contributed by atoms with Crippen molar-refractivity contribution in [3.8, 4) is 0 Å². The average Bonchev–Trinajstić information content (AvgIpc) is 2.84. The van der Waals surface area contributed by atoms with Gasteiger partial charge in [0.25, 0.3) is 0 Å². The summed E-state index contributed by atoms with van der Waals surface area (Å²) in [6.45, 7) is 9.27. The molecule has 2 aromatic heterocycles. The molecule has 2 aromatic rings. The van der Waals surface area contributed by atoms with Gasteiger partial charge in [0, 0.05) is 25.5 Å². The number of guanidine groups is 1. The Labute approximate surface area is 126 Å². The minimum absolute atomic E-state index is 0.375. The van der Waals surface area contributed by atoms with Gasteiger partial charge in [0.1, 0.15) is 5.65 Å². The Morgan fingerprint density at radius 2 is 2.14 bits per heavy atom. The van der Waals surface area contributed by atoms with E-state index in [1.54, 1.807) is 7.05 Å². The second-order valence-corrected chi connectivity index (χ2v) is 5.80. The predicted molar refractivity (Wildman–Crippen MR) is 87.6 cm³/mol. The van der Waals surface area contributed by atoms with Crippen molar-refractivity contribution >= 4 is 11.6 Å². The second kappa shape index (κ2) is 6.61. The van der Waals surface area contributed by atoms with Gasteiger partial charge < -0.3 is 15.0 Å². The van der Waals surface area contributed by atoms with Gasteiger partial charge in [0.05, 0.1) is 12.2 Å². The quantitative estimate of drug-likeness (QED) is 0.670. The highest BCUT2D eigenvalue weighted by Crippen LogP contribution is 2.07. The van der Waals surface area contributed by atoms with Crippen LogP contribution in [0, 0.1) is 12.8 Å². The van der Waals surface area contributed by atoms with E-state index in [4.69, 9.17) is 0 Å². The van der Waals surface area contributed by atoms with Gasteiger partial charge in [-0.05, 0) is 37.5 Å². The van der Waals surface area contributed by atoms with Gasteiger partial charge in [-0.25, -0.2) is 4.98 Å². The SMILES string of the molecule is CN=C(NCc1cn2ccc(C)cc2n1)NC(C)C(C)C. The Balaban J connectivity index is 2.00. The van der Waals surface area contributed by atoms with Gasteiger partial charge in [-0.3, -0.25) is 4.99 Å². The summed E-state index contributed by atoms with van der Waals surface area (Å²) < 4.78 is 2.04. The number of aryl methyl sites for hydroxylation is 1. The van der Waals surface area contributed by atoms with E-state index < -0.39 is 0 Å². The molecular weight excluding hydrogens is 262 g/mol. The van der Waals surface area contributed by atoms with Crippen LogP contribution in [-0.4, -0.2) is 28.4 Å². The van der Waals surface area contributed by atoms with Crippen molar-refractivity contribution in [2.75, 3.05) is 7.05 Å². The van der Waals surface area contributed by atoms with E-state index >= 15 is 0 Å². The van der Waals surface area contributed by atoms with Crippen LogP contribution < -0.4 is 10.6 Å². The molecule has 0 amide bonds. The first-order valence-electron chi connectivity index (χ1n) is 7.41. The maximum Gasteiger partial charge on any atom is 0.191 e. The summed E-state index contributed by atoms with van der Waals surface area (Å²) in [6, 6.07) is 4.54. The minimum atomic E-state index is 0.375. The van der Waals surface area contributed by atoms with Crippen molar-refractivity contribution in [3.05, 3.63) is 35.8 Å². The van der Waals surface area contributed by atoms with Crippen LogP contribution in [0.5, 0.6) is 0 Å². The first kappa shape index (κ1) is 15.4. The third-order valence-corrected chi connectivity index (χ3v) is 3.69. The van der Waals surface area contributed by atoms with Gasteiger partial charge in [0.2, 0.25) is 0 Å². The first-order chi connectivity index (χ1) is 9.99. The molecule has 1 unspecified atom stereocenters. The van der Waals surface area contributed by atoms with Crippen LogP contribution in [0.4, 0.5) is 0 Å². The summed E-state index contributed by atoms with van der Waals surface area (Å²) >= 11 is 0. The Morgan fingerprint density at radius 3 is 2.81 bits per heavy atom. The van der Waals surface area contributed by atoms with Crippen LogP contribution >= 0.6 is 0 Å². The highest BCUT2D eigenvalue weighted by atomic mass is 15.2. The van der Waals surface area contributed by atoms with Crippen LogP contribution in [0.3, 0.4) is 0 Å². The number of aliphatic imine (C=N–C) groups is 1. The van der Waals surface area contributed by atoms with Gasteiger partial charge in [-0.1, -0.05) is 13.8 Å². The summed E-state index contributed by atoms with van der Waals surface area (Å²) in [6.07, 6.45) is 4.08. The van der Waals surface area contributed by atoms with Crippen molar-refractivity contribution in [3.63, 3.8) is 0 Å². The number of fused-ring (bicyclic) bond motifs is 1. The smallest absolute Gasteiger partial charge is 0.191 e. The summed E-state index contributed by atoms with van der Waals surface area (Å²) in [7, 11) is 1.79. The molecule has 0 aliphatic carbocycles. The Kier molecular flexibility index (Phi) is 4.83. The summed E-state index contributed by atoms with van der Waals surface area (Å²) in [4.78, 5) is 8.87. The fourth-order valence-electron chi connectivity index (χ4n) is 1.97. The molecule has 0 fully saturated rings. The first-order valence-corrected chi connectivity index (χ1v) is 7.41. The topological polar surface area (TPSA) is 53.7 Å². The number of rotatable bonds is 4. The molecule has 2 heterocycles. The molecule has 0 aliphatic rings. The monoisotopic (exact) mass is 287 g/mol. The molecule has 0 bridgehead atoms. The van der Waals surface area contributed by atoms with Gasteiger partial charge in [-0.15, -0.1) is 0 Å². The van der Waals surface area contributed by atoms with Crippen LogP contribution in [0.2, 0.25) is 0 Å². The Hall–Kier alpha value is -2.04. The molecule has 5 nitrogen and oxygen atoms in total. The lowest BCUT2D eigenvalue weighted by atomic mass is 10.1. The fourth-order valence-corrected chi connectivity index (χ4v) is 1.97. The molecule has 0 radical (unpaired) electrons. The molecule has 2 rings (SSSR count). The minimum Gasteiger partial charge on any atom is -0.354 e. The molecule has 0 saturated carbocycles. The van der Waals surface area contributed by atoms with E-state index in [2.05, 4.69) is 60.4 Å². The second-order valence-electron chi connectivity index (χ2n) is 5.80. The Morgan fingerprint density at radius 1 is 1.38 bits per heavy atom. The van der Waals surface area contributed by atoms with Crippen LogP contribution in [0.25, 0.3) is 5.65 Å². The normalized spacial score (nSPS) is 13.7. The lowest BCUT2D eigenvalue weighted by Crippen LogP contribution is -2.43. The maximum atomic E-state index is 4.61. The van der Waals surface area contributed by atoms with Crippen molar-refractivity contribution in [1.29, 1.82) is 0 Å². The maximum absolute atomic E-state index is 4.61.